The number of hydrogen-bond acceptors (Lipinski definition) is 5. The molecular weight excluding hydrogens is 444 g/mol. The van der Waals surface area contributed by atoms with Crippen molar-refractivity contribution in [1.29, 1.82) is 0 Å². The Morgan fingerprint density at radius 1 is 1.09 bits per heavy atom. The van der Waals surface area contributed by atoms with Crippen molar-refractivity contribution in [3.05, 3.63) is 24.3 Å². The predicted octanol–water partition coefficient (Wildman–Crippen LogP) is 1.59. The normalized spacial score (nSPS) is 21.5. The smallest absolute Gasteiger partial charge is 0.243 e. The van der Waals surface area contributed by atoms with Crippen LogP contribution in [0.4, 0.5) is 5.69 Å². The van der Waals surface area contributed by atoms with Crippen molar-refractivity contribution in [2.45, 2.75) is 57.4 Å². The molecule has 33 heavy (non-hydrogen) atoms. The van der Waals surface area contributed by atoms with E-state index in [0.717, 1.165) is 12.8 Å². The van der Waals surface area contributed by atoms with Gasteiger partial charge in [-0.25, -0.2) is 8.42 Å². The number of piperidine rings is 1. The third kappa shape index (κ3) is 5.55. The summed E-state index contributed by atoms with van der Waals surface area (Å²) in [5.41, 5.74) is 0.584. The van der Waals surface area contributed by atoms with Crippen LogP contribution in [-0.4, -0.2) is 74.1 Å². The van der Waals surface area contributed by atoms with Crippen LogP contribution in [0.1, 0.15) is 46.5 Å². The average Bonchev–Trinajstić information content (AvgIpc) is 3.20. The number of amides is 3. The fourth-order valence-electron chi connectivity index (χ4n) is 4.52. The molecule has 0 radical (unpaired) electrons. The Hall–Kier alpha value is -2.46. The van der Waals surface area contributed by atoms with Crippen LogP contribution < -0.4 is 10.2 Å². The van der Waals surface area contributed by atoms with Gasteiger partial charge in [-0.1, -0.05) is 20.8 Å². The molecule has 10 heteroatoms. The first-order chi connectivity index (χ1) is 15.7. The number of carbonyl (C=O) groups is 3. The van der Waals surface area contributed by atoms with Crippen molar-refractivity contribution in [1.82, 2.24) is 14.5 Å². The minimum atomic E-state index is -3.57. The Bertz CT molecular complexity index is 975. The first-order valence-electron chi connectivity index (χ1n) is 11.7. The van der Waals surface area contributed by atoms with Crippen molar-refractivity contribution >= 4 is 33.4 Å². The average molecular weight is 479 g/mol. The molecule has 0 aromatic heterocycles. The zero-order valence-corrected chi connectivity index (χ0v) is 20.4. The van der Waals surface area contributed by atoms with Crippen LogP contribution in [0.5, 0.6) is 0 Å². The van der Waals surface area contributed by atoms with E-state index in [9.17, 15) is 22.8 Å². The van der Waals surface area contributed by atoms with Crippen LogP contribution in [-0.2, 0) is 24.4 Å². The van der Waals surface area contributed by atoms with Gasteiger partial charge in [0.25, 0.3) is 0 Å². The lowest BCUT2D eigenvalue weighted by atomic mass is 10.0. The Morgan fingerprint density at radius 3 is 2.36 bits per heavy atom. The number of nitrogens with one attached hydrogen (secondary N) is 1. The monoisotopic (exact) mass is 478 g/mol. The highest BCUT2D eigenvalue weighted by Gasteiger charge is 2.38. The first-order valence-corrected chi connectivity index (χ1v) is 13.1. The lowest BCUT2D eigenvalue weighted by Gasteiger charge is -2.34. The summed E-state index contributed by atoms with van der Waals surface area (Å²) in [7, 11) is -3.57. The Morgan fingerprint density at radius 2 is 1.76 bits per heavy atom. The Kier molecular flexibility index (Phi) is 8.12. The van der Waals surface area contributed by atoms with Crippen LogP contribution >= 0.6 is 0 Å². The fraction of sp³-hybridized carbons (Fsp3) is 0.609. The van der Waals surface area contributed by atoms with E-state index in [1.54, 1.807) is 42.7 Å². The van der Waals surface area contributed by atoms with Gasteiger partial charge in [0.1, 0.15) is 0 Å². The number of carbonyl (C=O) groups excluding carboxylic acids is 3. The molecule has 0 saturated carbocycles. The summed E-state index contributed by atoms with van der Waals surface area (Å²) in [6.07, 6.45) is 2.19. The number of sulfonamides is 1. The van der Waals surface area contributed by atoms with Gasteiger partial charge in [0.05, 0.1) is 10.8 Å². The van der Waals surface area contributed by atoms with Gasteiger partial charge in [0.2, 0.25) is 27.7 Å². The predicted molar refractivity (Wildman–Crippen MR) is 125 cm³/mol. The Labute approximate surface area is 196 Å². The third-order valence-electron chi connectivity index (χ3n) is 6.39. The molecule has 1 aromatic rings. The molecule has 2 fully saturated rings. The molecule has 2 aliphatic heterocycles. The van der Waals surface area contributed by atoms with Gasteiger partial charge in [0, 0.05) is 57.3 Å². The molecule has 1 aromatic carbocycles. The van der Waals surface area contributed by atoms with Crippen molar-refractivity contribution in [3.8, 4) is 0 Å². The molecular formula is C23H34N4O5S. The van der Waals surface area contributed by atoms with E-state index in [0.29, 0.717) is 38.3 Å². The summed E-state index contributed by atoms with van der Waals surface area (Å²) < 4.78 is 26.8. The maximum atomic E-state index is 13.1. The lowest BCUT2D eigenvalue weighted by Crippen LogP contribution is -2.51. The molecule has 3 amide bonds. The first kappa shape index (κ1) is 25.2. The third-order valence-corrected chi connectivity index (χ3v) is 8.45. The summed E-state index contributed by atoms with van der Waals surface area (Å²) in [5.74, 6) is -0.692. The highest BCUT2D eigenvalue weighted by molar-refractivity contribution is 7.89. The van der Waals surface area contributed by atoms with Gasteiger partial charge in [-0.3, -0.25) is 14.4 Å². The second kappa shape index (κ2) is 10.6. The molecule has 3 rings (SSSR count). The molecule has 1 N–H and O–H groups in total. The van der Waals surface area contributed by atoms with Gasteiger partial charge in [0.15, 0.2) is 0 Å². The summed E-state index contributed by atoms with van der Waals surface area (Å²) in [6.45, 7) is 7.50. The van der Waals surface area contributed by atoms with E-state index in [4.69, 9.17) is 0 Å². The maximum Gasteiger partial charge on any atom is 0.243 e. The number of likely N-dealkylation sites (tertiary alicyclic amines) is 1. The van der Waals surface area contributed by atoms with Crippen LogP contribution in [0.2, 0.25) is 0 Å². The van der Waals surface area contributed by atoms with Gasteiger partial charge >= 0.3 is 0 Å². The fourth-order valence-corrected chi connectivity index (χ4v) is 5.97. The highest BCUT2D eigenvalue weighted by atomic mass is 32.2. The van der Waals surface area contributed by atoms with E-state index in [1.165, 1.54) is 16.4 Å². The minimum Gasteiger partial charge on any atom is -0.352 e. The van der Waals surface area contributed by atoms with Crippen molar-refractivity contribution in [2.75, 3.05) is 37.6 Å². The lowest BCUT2D eigenvalue weighted by molar-refractivity contribution is -0.137. The highest BCUT2D eigenvalue weighted by Crippen LogP contribution is 2.28. The van der Waals surface area contributed by atoms with Crippen LogP contribution in [0, 0.1) is 5.92 Å². The second-order valence-corrected chi connectivity index (χ2v) is 10.5. The van der Waals surface area contributed by atoms with Crippen LogP contribution in [0.15, 0.2) is 29.2 Å². The van der Waals surface area contributed by atoms with E-state index in [2.05, 4.69) is 5.32 Å². The van der Waals surface area contributed by atoms with Crippen molar-refractivity contribution < 1.29 is 22.8 Å². The molecule has 0 aliphatic carbocycles. The largest absolute Gasteiger partial charge is 0.352 e. The SMILES string of the molecule is CCC(=O)NC1CCCN(C(=O)C2CC(=O)N(c3ccc(S(=O)(=O)N(CC)CC)cc3)C2)C1. The van der Waals surface area contributed by atoms with Crippen LogP contribution in [0.3, 0.4) is 0 Å². The molecule has 2 atom stereocenters. The zero-order chi connectivity index (χ0) is 24.2. The van der Waals surface area contributed by atoms with E-state index in [1.807, 2.05) is 0 Å². The van der Waals surface area contributed by atoms with Crippen molar-refractivity contribution in [3.63, 3.8) is 0 Å². The zero-order valence-electron chi connectivity index (χ0n) is 19.6. The Balaban J connectivity index is 1.66. The molecule has 9 nitrogen and oxygen atoms in total. The van der Waals surface area contributed by atoms with E-state index < -0.39 is 15.9 Å². The van der Waals surface area contributed by atoms with E-state index >= 15 is 0 Å². The number of nitrogens with zero attached hydrogens (tertiary/aromatic N) is 3. The molecule has 2 heterocycles. The number of benzene rings is 1. The van der Waals surface area contributed by atoms with E-state index in [-0.39, 0.29) is 41.6 Å². The molecule has 2 saturated heterocycles. The van der Waals surface area contributed by atoms with Crippen molar-refractivity contribution in [2.24, 2.45) is 5.92 Å². The minimum absolute atomic E-state index is 0.0250. The standard InChI is InChI=1S/C23H34N4O5S/c1-4-21(28)24-18-8-7-13-25(16-18)23(30)17-14-22(29)27(15-17)19-9-11-20(12-10-19)33(31,32)26(5-2)6-3/h9-12,17-18H,4-8,13-16H2,1-3H3,(H,24,28). The topological polar surface area (TPSA) is 107 Å². The molecule has 0 spiro atoms. The summed E-state index contributed by atoms with van der Waals surface area (Å²) in [6, 6.07) is 6.22. The number of hydrogen-bond donors (Lipinski definition) is 1. The number of anilines is 1. The molecule has 2 aliphatic rings. The summed E-state index contributed by atoms with van der Waals surface area (Å²) in [5, 5.41) is 2.96. The maximum absolute atomic E-state index is 13.1. The molecule has 182 valence electrons. The summed E-state index contributed by atoms with van der Waals surface area (Å²) >= 11 is 0. The quantitative estimate of drug-likeness (QED) is 0.611. The molecule has 0 bridgehead atoms. The summed E-state index contributed by atoms with van der Waals surface area (Å²) in [4.78, 5) is 41.0. The van der Waals surface area contributed by atoms with Gasteiger partial charge in [-0.15, -0.1) is 0 Å². The van der Waals surface area contributed by atoms with Gasteiger partial charge < -0.3 is 15.1 Å². The van der Waals surface area contributed by atoms with Crippen LogP contribution in [0.25, 0.3) is 0 Å². The number of rotatable bonds is 8. The molecule has 2 unspecified atom stereocenters. The van der Waals surface area contributed by atoms with Gasteiger partial charge in [-0.2, -0.15) is 4.31 Å². The second-order valence-electron chi connectivity index (χ2n) is 8.53. The van der Waals surface area contributed by atoms with Gasteiger partial charge in [-0.05, 0) is 37.1 Å².